The number of methoxy groups -OCH3 is 2. The Kier molecular flexibility index (Phi) is 5.41. The molecule has 136 valence electrons. The minimum absolute atomic E-state index is 0.0719. The maximum atomic E-state index is 12.2. The number of aryl methyl sites for hydroxylation is 1. The predicted molar refractivity (Wildman–Crippen MR) is 103 cm³/mol. The third kappa shape index (κ3) is 3.79. The first-order chi connectivity index (χ1) is 12.6. The second-order valence-corrected chi connectivity index (χ2v) is 6.10. The maximum absolute atomic E-state index is 12.2. The summed E-state index contributed by atoms with van der Waals surface area (Å²) in [6.45, 7) is 0.795. The van der Waals surface area contributed by atoms with Crippen molar-refractivity contribution in [2.24, 2.45) is 0 Å². The molecule has 0 saturated carbocycles. The summed E-state index contributed by atoms with van der Waals surface area (Å²) in [5, 5.41) is 0. The quantitative estimate of drug-likeness (QED) is 0.654. The fourth-order valence-electron chi connectivity index (χ4n) is 2.91. The normalized spacial score (nSPS) is 10.7. The highest BCUT2D eigenvalue weighted by atomic mass is 16.5. The number of pyridine rings is 1. The van der Waals surface area contributed by atoms with Gasteiger partial charge in [0.2, 0.25) is 0 Å². The highest BCUT2D eigenvalue weighted by molar-refractivity contribution is 5.47. The molecule has 0 saturated heterocycles. The lowest BCUT2D eigenvalue weighted by Gasteiger charge is -2.18. The number of benzene rings is 1. The summed E-state index contributed by atoms with van der Waals surface area (Å²) < 4.78 is 12.2. The van der Waals surface area contributed by atoms with E-state index in [0.717, 1.165) is 30.9 Å². The Hall–Kier alpha value is -3.02. The number of anilines is 1. The van der Waals surface area contributed by atoms with Crippen molar-refractivity contribution in [3.05, 3.63) is 64.6 Å². The average Bonchev–Trinajstić information content (AvgIpc) is 2.67. The Morgan fingerprint density at radius 1 is 1.08 bits per heavy atom. The molecule has 0 spiro atoms. The summed E-state index contributed by atoms with van der Waals surface area (Å²) in [4.78, 5) is 18.8. The third-order valence-corrected chi connectivity index (χ3v) is 4.36. The molecule has 0 atom stereocenters. The van der Waals surface area contributed by atoms with Crippen molar-refractivity contribution in [2.45, 2.75) is 12.8 Å². The van der Waals surface area contributed by atoms with E-state index in [1.54, 1.807) is 30.9 Å². The Morgan fingerprint density at radius 3 is 2.65 bits per heavy atom. The van der Waals surface area contributed by atoms with Gasteiger partial charge in [-0.3, -0.25) is 9.20 Å². The highest BCUT2D eigenvalue weighted by Gasteiger charge is 2.08. The molecule has 2 heterocycles. The van der Waals surface area contributed by atoms with Crippen LogP contribution in [-0.4, -0.2) is 37.2 Å². The molecule has 0 aliphatic carbocycles. The van der Waals surface area contributed by atoms with Gasteiger partial charge in [0.1, 0.15) is 11.5 Å². The van der Waals surface area contributed by atoms with Crippen molar-refractivity contribution in [1.82, 2.24) is 9.38 Å². The van der Waals surface area contributed by atoms with Crippen LogP contribution < -0.4 is 19.9 Å². The van der Waals surface area contributed by atoms with Gasteiger partial charge < -0.3 is 14.4 Å². The van der Waals surface area contributed by atoms with E-state index in [-0.39, 0.29) is 5.56 Å². The van der Waals surface area contributed by atoms with Crippen LogP contribution in [0.1, 0.15) is 12.0 Å². The van der Waals surface area contributed by atoms with Crippen molar-refractivity contribution in [3.8, 4) is 11.5 Å². The van der Waals surface area contributed by atoms with Crippen molar-refractivity contribution in [2.75, 3.05) is 32.7 Å². The lowest BCUT2D eigenvalue weighted by atomic mass is 10.1. The van der Waals surface area contributed by atoms with E-state index >= 15 is 0 Å². The molecule has 0 aliphatic heterocycles. The highest BCUT2D eigenvalue weighted by Crippen LogP contribution is 2.28. The van der Waals surface area contributed by atoms with Crippen LogP contribution in [0.25, 0.3) is 5.65 Å². The van der Waals surface area contributed by atoms with E-state index in [1.165, 1.54) is 5.56 Å². The van der Waals surface area contributed by atoms with E-state index in [0.29, 0.717) is 11.5 Å². The van der Waals surface area contributed by atoms with Crippen LogP contribution in [0, 0.1) is 0 Å². The second kappa shape index (κ2) is 7.91. The molecule has 2 aromatic heterocycles. The molecule has 0 unspecified atom stereocenters. The maximum Gasteiger partial charge on any atom is 0.259 e. The number of hydrogen-bond donors (Lipinski definition) is 0. The Bertz CT molecular complexity index is 952. The molecule has 1 aromatic carbocycles. The molecule has 0 radical (unpaired) electrons. The fraction of sp³-hybridized carbons (Fsp3) is 0.300. The van der Waals surface area contributed by atoms with E-state index in [2.05, 4.69) is 4.98 Å². The zero-order valence-electron chi connectivity index (χ0n) is 15.3. The number of aromatic nitrogens is 2. The summed E-state index contributed by atoms with van der Waals surface area (Å²) in [7, 11) is 5.22. The molecule has 3 rings (SSSR count). The minimum Gasteiger partial charge on any atom is -0.493 e. The number of nitrogens with zero attached hydrogens (tertiary/aromatic N) is 3. The summed E-state index contributed by atoms with van der Waals surface area (Å²) in [6.07, 6.45) is 3.56. The van der Waals surface area contributed by atoms with Crippen molar-refractivity contribution >= 4 is 11.5 Å². The summed E-state index contributed by atoms with van der Waals surface area (Å²) in [5.74, 6) is 2.16. The van der Waals surface area contributed by atoms with Crippen LogP contribution in [0.5, 0.6) is 11.5 Å². The second-order valence-electron chi connectivity index (χ2n) is 6.10. The van der Waals surface area contributed by atoms with Gasteiger partial charge in [-0.05, 0) is 42.7 Å². The first kappa shape index (κ1) is 17.8. The van der Waals surface area contributed by atoms with Crippen LogP contribution >= 0.6 is 0 Å². The van der Waals surface area contributed by atoms with Crippen LogP contribution in [0.3, 0.4) is 0 Å². The predicted octanol–water partition coefficient (Wildman–Crippen LogP) is 2.78. The molecule has 0 bridgehead atoms. The molecular weight excluding hydrogens is 330 g/mol. The lowest BCUT2D eigenvalue weighted by molar-refractivity contribution is 0.354. The molecular formula is C20H23N3O3. The standard InChI is InChI=1S/C20H23N3O3/c1-22(19-14-20(24)23-12-5-4-8-18(23)21-19)11-6-7-15-9-10-16(25-2)17(13-15)26-3/h4-5,8-10,12-14H,6-7,11H2,1-3H3. The Balaban J connectivity index is 1.66. The fourth-order valence-corrected chi connectivity index (χ4v) is 2.91. The Morgan fingerprint density at radius 2 is 1.88 bits per heavy atom. The Labute approximate surface area is 152 Å². The molecule has 0 N–H and O–H groups in total. The van der Waals surface area contributed by atoms with Crippen molar-refractivity contribution < 1.29 is 9.47 Å². The van der Waals surface area contributed by atoms with Gasteiger partial charge in [0, 0.05) is 25.9 Å². The molecule has 26 heavy (non-hydrogen) atoms. The SMILES string of the molecule is COc1ccc(CCCN(C)c2cc(=O)n3ccccc3n2)cc1OC. The van der Waals surface area contributed by atoms with Crippen molar-refractivity contribution in [3.63, 3.8) is 0 Å². The van der Waals surface area contributed by atoms with E-state index < -0.39 is 0 Å². The van der Waals surface area contributed by atoms with E-state index in [1.807, 2.05) is 48.3 Å². The van der Waals surface area contributed by atoms with Gasteiger partial charge in [-0.15, -0.1) is 0 Å². The third-order valence-electron chi connectivity index (χ3n) is 4.36. The van der Waals surface area contributed by atoms with Crippen LogP contribution in [0.4, 0.5) is 5.82 Å². The zero-order chi connectivity index (χ0) is 18.5. The van der Waals surface area contributed by atoms with E-state index in [4.69, 9.17) is 9.47 Å². The number of fused-ring (bicyclic) bond motifs is 1. The minimum atomic E-state index is -0.0719. The van der Waals surface area contributed by atoms with Gasteiger partial charge in [-0.1, -0.05) is 12.1 Å². The van der Waals surface area contributed by atoms with Gasteiger partial charge in [0.15, 0.2) is 11.5 Å². The summed E-state index contributed by atoms with van der Waals surface area (Å²) in [6, 6.07) is 13.1. The van der Waals surface area contributed by atoms with Gasteiger partial charge in [-0.2, -0.15) is 0 Å². The van der Waals surface area contributed by atoms with Crippen LogP contribution in [0.2, 0.25) is 0 Å². The van der Waals surface area contributed by atoms with Gasteiger partial charge in [-0.25, -0.2) is 4.98 Å². The molecule has 6 nitrogen and oxygen atoms in total. The van der Waals surface area contributed by atoms with Crippen LogP contribution in [-0.2, 0) is 6.42 Å². The van der Waals surface area contributed by atoms with Crippen molar-refractivity contribution in [1.29, 1.82) is 0 Å². The monoisotopic (exact) mass is 353 g/mol. The molecule has 0 aliphatic rings. The molecule has 6 heteroatoms. The number of rotatable bonds is 7. The molecule has 3 aromatic rings. The summed E-state index contributed by atoms with van der Waals surface area (Å²) in [5.41, 5.74) is 1.77. The largest absolute Gasteiger partial charge is 0.493 e. The van der Waals surface area contributed by atoms with Gasteiger partial charge >= 0.3 is 0 Å². The topological polar surface area (TPSA) is 56.1 Å². The zero-order valence-corrected chi connectivity index (χ0v) is 15.3. The van der Waals surface area contributed by atoms with Gasteiger partial charge in [0.25, 0.3) is 5.56 Å². The molecule has 0 fully saturated rings. The lowest BCUT2D eigenvalue weighted by Crippen LogP contribution is -2.24. The number of ether oxygens (including phenoxy) is 2. The first-order valence-corrected chi connectivity index (χ1v) is 8.53. The average molecular weight is 353 g/mol. The smallest absolute Gasteiger partial charge is 0.259 e. The van der Waals surface area contributed by atoms with Crippen LogP contribution in [0.15, 0.2) is 53.5 Å². The first-order valence-electron chi connectivity index (χ1n) is 8.53. The summed E-state index contributed by atoms with van der Waals surface area (Å²) >= 11 is 0. The van der Waals surface area contributed by atoms with Gasteiger partial charge in [0.05, 0.1) is 14.2 Å². The van der Waals surface area contributed by atoms with E-state index in [9.17, 15) is 4.79 Å². The number of hydrogen-bond acceptors (Lipinski definition) is 5. The molecule has 0 amide bonds.